The number of ether oxygens (including phenoxy) is 1. The number of amides is 1. The molecule has 25 heavy (non-hydrogen) atoms. The first-order valence-corrected chi connectivity index (χ1v) is 10.1. The summed E-state index contributed by atoms with van der Waals surface area (Å²) in [6, 6.07) is 6.09. The minimum atomic E-state index is -3.80. The molecule has 1 amide bonds. The number of anilines is 1. The third-order valence-electron chi connectivity index (χ3n) is 3.50. The summed E-state index contributed by atoms with van der Waals surface area (Å²) in [5.41, 5.74) is -0.131. The van der Waals surface area contributed by atoms with Gasteiger partial charge < -0.3 is 4.74 Å². The molecule has 0 saturated heterocycles. The van der Waals surface area contributed by atoms with Crippen molar-refractivity contribution in [2.24, 2.45) is 0 Å². The van der Waals surface area contributed by atoms with Crippen LogP contribution >= 0.6 is 11.3 Å². The molecule has 0 aliphatic carbocycles. The molecule has 2 aromatic rings. The average molecular weight is 379 g/mol. The van der Waals surface area contributed by atoms with Gasteiger partial charge in [-0.05, 0) is 49.9 Å². The summed E-state index contributed by atoms with van der Waals surface area (Å²) >= 11 is 1.21. The Balaban J connectivity index is 2.10. The van der Waals surface area contributed by atoms with E-state index in [9.17, 15) is 18.0 Å². The summed E-state index contributed by atoms with van der Waals surface area (Å²) in [4.78, 5) is 25.1. The fraction of sp³-hybridized carbons (Fsp3) is 0.294. The van der Waals surface area contributed by atoms with Gasteiger partial charge in [-0.15, -0.1) is 11.3 Å². The highest BCUT2D eigenvalue weighted by Gasteiger charge is 2.34. The number of rotatable bonds is 1. The molecule has 1 aliphatic heterocycles. The largest absolute Gasteiger partial charge is 0.444 e. The highest BCUT2D eigenvalue weighted by molar-refractivity contribution is 7.91. The summed E-state index contributed by atoms with van der Waals surface area (Å²) in [5.74, 6) is -0.633. The number of ketones is 1. The second kappa shape index (κ2) is 5.96. The summed E-state index contributed by atoms with van der Waals surface area (Å²) in [6.45, 7) is 5.11. The molecule has 1 N–H and O–H groups in total. The van der Waals surface area contributed by atoms with Crippen LogP contribution in [-0.2, 0) is 20.3 Å². The van der Waals surface area contributed by atoms with Crippen LogP contribution in [0.15, 0.2) is 34.5 Å². The van der Waals surface area contributed by atoms with E-state index in [2.05, 4.69) is 5.32 Å². The Labute approximate surface area is 149 Å². The predicted molar refractivity (Wildman–Crippen MR) is 94.9 cm³/mol. The van der Waals surface area contributed by atoms with Crippen LogP contribution in [0.25, 0.3) is 0 Å². The molecule has 0 radical (unpaired) electrons. The molecule has 1 aromatic carbocycles. The Kier molecular flexibility index (Phi) is 4.20. The van der Waals surface area contributed by atoms with Crippen LogP contribution in [0.3, 0.4) is 0 Å². The van der Waals surface area contributed by atoms with Crippen molar-refractivity contribution in [3.63, 3.8) is 0 Å². The van der Waals surface area contributed by atoms with Crippen LogP contribution in [0.4, 0.5) is 10.5 Å². The highest BCUT2D eigenvalue weighted by atomic mass is 32.2. The van der Waals surface area contributed by atoms with Gasteiger partial charge in [-0.1, -0.05) is 6.07 Å². The van der Waals surface area contributed by atoms with Crippen LogP contribution < -0.4 is 5.32 Å². The Morgan fingerprint density at radius 1 is 1.24 bits per heavy atom. The maximum absolute atomic E-state index is 12.8. The van der Waals surface area contributed by atoms with Crippen molar-refractivity contribution in [2.75, 3.05) is 5.32 Å². The quantitative estimate of drug-likeness (QED) is 0.817. The molecule has 1 aromatic heterocycles. The van der Waals surface area contributed by atoms with Gasteiger partial charge in [-0.3, -0.25) is 10.1 Å². The number of hydrogen-bond donors (Lipinski definition) is 1. The maximum atomic E-state index is 12.8. The van der Waals surface area contributed by atoms with E-state index in [1.165, 1.54) is 29.5 Å². The number of fused-ring (bicyclic) bond motifs is 2. The second-order valence-corrected chi connectivity index (χ2v) is 9.51. The first kappa shape index (κ1) is 17.6. The van der Waals surface area contributed by atoms with E-state index in [-0.39, 0.29) is 27.7 Å². The monoisotopic (exact) mass is 379 g/mol. The zero-order valence-corrected chi connectivity index (χ0v) is 15.6. The molecule has 0 unspecified atom stereocenters. The van der Waals surface area contributed by atoms with Crippen molar-refractivity contribution in [3.05, 3.63) is 45.6 Å². The molecule has 0 atom stereocenters. The first-order valence-electron chi connectivity index (χ1n) is 7.55. The van der Waals surface area contributed by atoms with Crippen LogP contribution in [0.1, 0.15) is 41.6 Å². The molecule has 132 valence electrons. The van der Waals surface area contributed by atoms with E-state index >= 15 is 0 Å². The van der Waals surface area contributed by atoms with Gasteiger partial charge in [0.25, 0.3) is 0 Å². The maximum Gasteiger partial charge on any atom is 0.412 e. The smallest absolute Gasteiger partial charge is 0.412 e. The van der Waals surface area contributed by atoms with Gasteiger partial charge in [0, 0.05) is 5.56 Å². The Bertz CT molecular complexity index is 967. The number of carbonyl (C=O) groups is 2. The first-order chi connectivity index (χ1) is 11.6. The lowest BCUT2D eigenvalue weighted by atomic mass is 10.1. The van der Waals surface area contributed by atoms with E-state index in [1.54, 1.807) is 32.2 Å². The average Bonchev–Trinajstić information content (AvgIpc) is 2.88. The van der Waals surface area contributed by atoms with Crippen LogP contribution in [0.2, 0.25) is 0 Å². The third kappa shape index (κ3) is 3.45. The van der Waals surface area contributed by atoms with E-state index in [0.717, 1.165) is 0 Å². The lowest BCUT2D eigenvalue weighted by molar-refractivity contribution is 0.0635. The normalized spacial score (nSPS) is 15.7. The van der Waals surface area contributed by atoms with Crippen molar-refractivity contribution < 1.29 is 22.7 Å². The van der Waals surface area contributed by atoms with Crippen LogP contribution in [0, 0.1) is 0 Å². The lowest BCUT2D eigenvalue weighted by Gasteiger charge is -2.20. The zero-order chi connectivity index (χ0) is 18.4. The van der Waals surface area contributed by atoms with Gasteiger partial charge in [-0.25, -0.2) is 13.2 Å². The highest BCUT2D eigenvalue weighted by Crippen LogP contribution is 2.36. The molecule has 3 rings (SSSR count). The summed E-state index contributed by atoms with van der Waals surface area (Å²) in [7, 11) is -3.80. The van der Waals surface area contributed by atoms with E-state index < -0.39 is 21.5 Å². The molecular formula is C17H17NO5S2. The minimum absolute atomic E-state index is 0.0512. The van der Waals surface area contributed by atoms with Gasteiger partial charge in [0.1, 0.15) is 10.5 Å². The minimum Gasteiger partial charge on any atom is -0.444 e. The molecule has 0 fully saturated rings. The Hall–Kier alpha value is -2.19. The van der Waals surface area contributed by atoms with Crippen LogP contribution in [-0.4, -0.2) is 25.9 Å². The predicted octanol–water partition coefficient (Wildman–Crippen LogP) is 3.61. The SMILES string of the molecule is CC(C)(C)OC(=O)Nc1cccc2c1S(=O)(=O)Cc1ccsc1C2=O. The molecule has 0 bridgehead atoms. The number of nitrogens with one attached hydrogen (secondary N) is 1. The number of benzene rings is 1. The molecule has 1 aliphatic rings. The molecule has 8 heteroatoms. The number of thiophene rings is 1. The zero-order valence-electron chi connectivity index (χ0n) is 14.0. The van der Waals surface area contributed by atoms with Gasteiger partial charge in [0.05, 0.1) is 16.3 Å². The number of hydrogen-bond acceptors (Lipinski definition) is 6. The van der Waals surface area contributed by atoms with Crippen molar-refractivity contribution in [3.8, 4) is 0 Å². The Morgan fingerprint density at radius 3 is 2.64 bits per heavy atom. The van der Waals surface area contributed by atoms with Gasteiger partial charge in [0.2, 0.25) is 5.78 Å². The fourth-order valence-corrected chi connectivity index (χ4v) is 5.32. The molecule has 6 nitrogen and oxygen atoms in total. The molecular weight excluding hydrogens is 362 g/mol. The van der Waals surface area contributed by atoms with Crippen LogP contribution in [0.5, 0.6) is 0 Å². The third-order valence-corrected chi connectivity index (χ3v) is 6.21. The lowest BCUT2D eigenvalue weighted by Crippen LogP contribution is -2.28. The van der Waals surface area contributed by atoms with E-state index in [0.29, 0.717) is 10.4 Å². The van der Waals surface area contributed by atoms with Crippen molar-refractivity contribution >= 4 is 38.7 Å². The fourth-order valence-electron chi connectivity index (χ4n) is 2.61. The topological polar surface area (TPSA) is 89.5 Å². The van der Waals surface area contributed by atoms with Gasteiger partial charge in [-0.2, -0.15) is 0 Å². The van der Waals surface area contributed by atoms with E-state index in [4.69, 9.17) is 4.74 Å². The standard InChI is InChI=1S/C17H17NO5S2/c1-17(2,3)23-16(20)18-12-6-4-5-11-13(19)14-10(7-8-24-14)9-25(21,22)15(11)12/h4-8H,9H2,1-3H3,(H,18,20). The molecule has 0 saturated carbocycles. The van der Waals surface area contributed by atoms with Crippen molar-refractivity contribution in [1.82, 2.24) is 0 Å². The number of sulfone groups is 1. The van der Waals surface area contributed by atoms with Crippen molar-refractivity contribution in [2.45, 2.75) is 37.0 Å². The number of carbonyl (C=O) groups excluding carboxylic acids is 2. The van der Waals surface area contributed by atoms with Crippen molar-refractivity contribution in [1.29, 1.82) is 0 Å². The Morgan fingerprint density at radius 2 is 1.96 bits per heavy atom. The summed E-state index contributed by atoms with van der Waals surface area (Å²) in [5, 5.41) is 4.16. The van der Waals surface area contributed by atoms with E-state index in [1.807, 2.05) is 0 Å². The van der Waals surface area contributed by atoms with Gasteiger partial charge in [0.15, 0.2) is 9.84 Å². The summed E-state index contributed by atoms with van der Waals surface area (Å²) in [6.07, 6.45) is -0.775. The summed E-state index contributed by atoms with van der Waals surface area (Å²) < 4.78 is 30.9. The second-order valence-electron chi connectivity index (χ2n) is 6.67. The molecule has 0 spiro atoms. The molecule has 2 heterocycles. The van der Waals surface area contributed by atoms with Gasteiger partial charge >= 0.3 is 6.09 Å².